The summed E-state index contributed by atoms with van der Waals surface area (Å²) in [6.45, 7) is 12.1. The van der Waals surface area contributed by atoms with Crippen LogP contribution in [0.2, 0.25) is 0 Å². The minimum Gasteiger partial charge on any atom is -0.489 e. The first kappa shape index (κ1) is 18.5. The summed E-state index contributed by atoms with van der Waals surface area (Å²) >= 11 is 0. The summed E-state index contributed by atoms with van der Waals surface area (Å²) in [4.78, 5) is 5.23. The van der Waals surface area contributed by atoms with Crippen molar-refractivity contribution in [2.24, 2.45) is 0 Å². The summed E-state index contributed by atoms with van der Waals surface area (Å²) in [6, 6.07) is 10.0. The summed E-state index contributed by atoms with van der Waals surface area (Å²) in [7, 11) is 0. The number of para-hydroxylation sites is 2. The number of benzene rings is 1. The van der Waals surface area contributed by atoms with E-state index in [-0.39, 0.29) is 6.10 Å². The van der Waals surface area contributed by atoms with Gasteiger partial charge in [0, 0.05) is 38.3 Å². The molecular formula is C21H35N3O. The highest BCUT2D eigenvalue weighted by atomic mass is 16.5. The van der Waals surface area contributed by atoms with E-state index in [9.17, 15) is 0 Å². The second kappa shape index (κ2) is 8.91. The normalized spacial score (nSPS) is 25.4. The van der Waals surface area contributed by atoms with Crippen LogP contribution in [0.5, 0.6) is 5.75 Å². The summed E-state index contributed by atoms with van der Waals surface area (Å²) in [5.74, 6) is 1.03. The molecule has 4 nitrogen and oxygen atoms in total. The number of hydrogen-bond donors (Lipinski definition) is 1. The molecule has 1 aliphatic heterocycles. The van der Waals surface area contributed by atoms with Gasteiger partial charge in [-0.2, -0.15) is 0 Å². The Kier molecular flexibility index (Phi) is 6.60. The third kappa shape index (κ3) is 4.89. The molecule has 1 aliphatic carbocycles. The van der Waals surface area contributed by atoms with Crippen LogP contribution < -0.4 is 15.0 Å². The molecule has 0 spiro atoms. The number of ether oxygens (including phenoxy) is 1. The summed E-state index contributed by atoms with van der Waals surface area (Å²) < 4.78 is 6.01. The number of piperazine rings is 1. The van der Waals surface area contributed by atoms with Crippen molar-refractivity contribution >= 4 is 5.69 Å². The minimum atomic E-state index is 0.217. The van der Waals surface area contributed by atoms with E-state index < -0.39 is 0 Å². The van der Waals surface area contributed by atoms with Crippen molar-refractivity contribution in [3.8, 4) is 5.75 Å². The first-order valence-corrected chi connectivity index (χ1v) is 10.2. The SMILES string of the molecule is CCNC1CCC(N2CCN(c3ccccc3OC(C)C)CC2)CC1. The fourth-order valence-corrected chi connectivity index (χ4v) is 4.33. The second-order valence-corrected chi connectivity index (χ2v) is 7.72. The summed E-state index contributed by atoms with van der Waals surface area (Å²) in [6.07, 6.45) is 5.59. The number of hydrogen-bond acceptors (Lipinski definition) is 4. The van der Waals surface area contributed by atoms with Crippen LogP contribution in [0.4, 0.5) is 5.69 Å². The smallest absolute Gasteiger partial charge is 0.142 e. The van der Waals surface area contributed by atoms with Crippen LogP contribution in [0.1, 0.15) is 46.5 Å². The van der Waals surface area contributed by atoms with Gasteiger partial charge in [-0.05, 0) is 58.2 Å². The molecule has 2 aliphatic rings. The summed E-state index contributed by atoms with van der Waals surface area (Å²) in [5.41, 5.74) is 1.26. The van der Waals surface area contributed by atoms with Gasteiger partial charge in [0.1, 0.15) is 5.75 Å². The van der Waals surface area contributed by atoms with Gasteiger partial charge in [0.05, 0.1) is 11.8 Å². The van der Waals surface area contributed by atoms with E-state index in [1.54, 1.807) is 0 Å². The standard InChI is InChI=1S/C21H35N3O/c1-4-22-18-9-11-19(12-10-18)23-13-15-24(16-14-23)20-7-5-6-8-21(20)25-17(2)3/h5-8,17-19,22H,4,9-16H2,1-3H3. The van der Waals surface area contributed by atoms with Crippen molar-refractivity contribution in [3.05, 3.63) is 24.3 Å². The van der Waals surface area contributed by atoms with Crippen LogP contribution in [0, 0.1) is 0 Å². The maximum absolute atomic E-state index is 6.01. The number of anilines is 1. The van der Waals surface area contributed by atoms with Crippen LogP contribution in [-0.2, 0) is 0 Å². The lowest BCUT2D eigenvalue weighted by molar-refractivity contribution is 0.136. The predicted octanol–water partition coefficient (Wildman–Crippen LogP) is 3.52. The quantitative estimate of drug-likeness (QED) is 0.854. The van der Waals surface area contributed by atoms with E-state index in [0.29, 0.717) is 0 Å². The predicted molar refractivity (Wildman–Crippen MR) is 106 cm³/mol. The Morgan fingerprint density at radius 3 is 2.36 bits per heavy atom. The summed E-state index contributed by atoms with van der Waals surface area (Å²) in [5, 5.41) is 3.62. The average molecular weight is 346 g/mol. The first-order chi connectivity index (χ1) is 12.2. The third-order valence-electron chi connectivity index (χ3n) is 5.59. The van der Waals surface area contributed by atoms with E-state index in [1.807, 2.05) is 0 Å². The zero-order valence-corrected chi connectivity index (χ0v) is 16.2. The second-order valence-electron chi connectivity index (χ2n) is 7.72. The van der Waals surface area contributed by atoms with E-state index in [2.05, 4.69) is 60.2 Å². The molecule has 0 radical (unpaired) electrons. The maximum Gasteiger partial charge on any atom is 0.142 e. The van der Waals surface area contributed by atoms with Gasteiger partial charge in [0.15, 0.2) is 0 Å². The Hall–Kier alpha value is -1.26. The molecule has 2 fully saturated rings. The molecule has 0 amide bonds. The molecule has 1 N–H and O–H groups in total. The number of rotatable bonds is 6. The zero-order valence-electron chi connectivity index (χ0n) is 16.2. The zero-order chi connectivity index (χ0) is 17.6. The van der Waals surface area contributed by atoms with Gasteiger partial charge in [-0.3, -0.25) is 4.90 Å². The fourth-order valence-electron chi connectivity index (χ4n) is 4.33. The molecule has 25 heavy (non-hydrogen) atoms. The highest BCUT2D eigenvalue weighted by molar-refractivity contribution is 5.58. The molecule has 1 saturated heterocycles. The van der Waals surface area contributed by atoms with Crippen molar-refractivity contribution in [1.29, 1.82) is 0 Å². The molecule has 1 aromatic carbocycles. The Labute approximate surface area is 153 Å². The molecule has 1 aromatic rings. The van der Waals surface area contributed by atoms with Crippen LogP contribution >= 0.6 is 0 Å². The van der Waals surface area contributed by atoms with E-state index >= 15 is 0 Å². The van der Waals surface area contributed by atoms with Crippen molar-refractivity contribution in [2.75, 3.05) is 37.6 Å². The number of nitrogens with zero attached hydrogens (tertiary/aromatic N) is 2. The molecule has 1 saturated carbocycles. The highest BCUT2D eigenvalue weighted by Crippen LogP contribution is 2.31. The van der Waals surface area contributed by atoms with Crippen LogP contribution in [0.15, 0.2) is 24.3 Å². The van der Waals surface area contributed by atoms with Gasteiger partial charge in [0.25, 0.3) is 0 Å². The molecule has 0 bridgehead atoms. The molecular weight excluding hydrogens is 310 g/mol. The Morgan fingerprint density at radius 2 is 1.72 bits per heavy atom. The maximum atomic E-state index is 6.01. The van der Waals surface area contributed by atoms with Crippen molar-refractivity contribution < 1.29 is 4.74 Å². The molecule has 1 heterocycles. The van der Waals surface area contributed by atoms with Gasteiger partial charge >= 0.3 is 0 Å². The topological polar surface area (TPSA) is 27.7 Å². The molecule has 0 unspecified atom stereocenters. The van der Waals surface area contributed by atoms with Gasteiger partial charge < -0.3 is 15.0 Å². The average Bonchev–Trinajstić information content (AvgIpc) is 2.63. The molecule has 0 aromatic heterocycles. The molecule has 0 atom stereocenters. The Morgan fingerprint density at radius 1 is 1.04 bits per heavy atom. The van der Waals surface area contributed by atoms with Crippen LogP contribution in [-0.4, -0.2) is 55.8 Å². The van der Waals surface area contributed by atoms with Gasteiger partial charge in [-0.15, -0.1) is 0 Å². The molecule has 140 valence electrons. The van der Waals surface area contributed by atoms with E-state index in [0.717, 1.165) is 37.5 Å². The Bertz CT molecular complexity index is 518. The fraction of sp³-hybridized carbons (Fsp3) is 0.714. The van der Waals surface area contributed by atoms with Crippen molar-refractivity contribution in [1.82, 2.24) is 10.2 Å². The van der Waals surface area contributed by atoms with E-state index in [1.165, 1.54) is 44.5 Å². The number of nitrogens with one attached hydrogen (secondary N) is 1. The third-order valence-corrected chi connectivity index (χ3v) is 5.59. The van der Waals surface area contributed by atoms with Crippen LogP contribution in [0.3, 0.4) is 0 Å². The van der Waals surface area contributed by atoms with Gasteiger partial charge in [-0.25, -0.2) is 0 Å². The van der Waals surface area contributed by atoms with Crippen molar-refractivity contribution in [3.63, 3.8) is 0 Å². The van der Waals surface area contributed by atoms with Gasteiger partial charge in [-0.1, -0.05) is 19.1 Å². The van der Waals surface area contributed by atoms with Crippen molar-refractivity contribution in [2.45, 2.75) is 64.6 Å². The van der Waals surface area contributed by atoms with Crippen LogP contribution in [0.25, 0.3) is 0 Å². The minimum absolute atomic E-state index is 0.217. The molecule has 4 heteroatoms. The molecule has 3 rings (SSSR count). The Balaban J connectivity index is 1.53. The highest BCUT2D eigenvalue weighted by Gasteiger charge is 2.28. The largest absolute Gasteiger partial charge is 0.489 e. The first-order valence-electron chi connectivity index (χ1n) is 10.2. The lowest BCUT2D eigenvalue weighted by Crippen LogP contribution is -2.52. The lowest BCUT2D eigenvalue weighted by Gasteiger charge is -2.43. The van der Waals surface area contributed by atoms with E-state index in [4.69, 9.17) is 4.74 Å². The van der Waals surface area contributed by atoms with Gasteiger partial charge in [0.2, 0.25) is 0 Å². The monoisotopic (exact) mass is 345 g/mol. The lowest BCUT2D eigenvalue weighted by atomic mass is 9.90.